The molecule has 0 aliphatic rings. The van der Waals surface area contributed by atoms with E-state index in [0.717, 1.165) is 5.56 Å². The van der Waals surface area contributed by atoms with Crippen LogP contribution in [0.1, 0.15) is 31.9 Å². The second kappa shape index (κ2) is 9.14. The Morgan fingerprint density at radius 1 is 0.935 bits per heavy atom. The molecule has 0 atom stereocenters. The van der Waals surface area contributed by atoms with E-state index < -0.39 is 10.0 Å². The number of anilines is 2. The first-order valence-corrected chi connectivity index (χ1v) is 11.3. The summed E-state index contributed by atoms with van der Waals surface area (Å²) in [6.45, 7) is 6.45. The topological polar surface area (TPSA) is 88.2 Å². The molecule has 160 valence electrons. The average Bonchev–Trinajstić information content (AvgIpc) is 2.73. The van der Waals surface area contributed by atoms with E-state index in [-0.39, 0.29) is 22.0 Å². The number of nitrogens with one attached hydrogen (secondary N) is 2. The smallest absolute Gasteiger partial charge is 0.263 e. The van der Waals surface area contributed by atoms with E-state index in [2.05, 4.69) is 47.9 Å². The summed E-state index contributed by atoms with van der Waals surface area (Å²) in [5.41, 5.74) is 2.72. The largest absolute Gasteiger partial charge is 0.323 e. The number of benzene rings is 2. The number of carbonyl (C=O) groups is 1. The molecular formula is C24H25N3O3S. The summed E-state index contributed by atoms with van der Waals surface area (Å²) >= 11 is 0. The molecule has 3 rings (SSSR count). The molecule has 2 aromatic carbocycles. The Balaban J connectivity index is 1.61. The molecule has 0 saturated carbocycles. The number of nitrogens with zero attached hydrogens (tertiary/aromatic N) is 1. The Hall–Kier alpha value is -3.45. The Morgan fingerprint density at radius 3 is 2.19 bits per heavy atom. The Bertz CT molecular complexity index is 1160. The normalized spacial score (nSPS) is 12.0. The summed E-state index contributed by atoms with van der Waals surface area (Å²) in [4.78, 5) is 16.2. The minimum absolute atomic E-state index is 0.0747. The van der Waals surface area contributed by atoms with Gasteiger partial charge in [-0.05, 0) is 59.0 Å². The van der Waals surface area contributed by atoms with Gasteiger partial charge in [0.25, 0.3) is 10.0 Å². The second-order valence-electron chi connectivity index (χ2n) is 8.04. The van der Waals surface area contributed by atoms with Gasteiger partial charge in [0, 0.05) is 18.0 Å². The molecule has 0 aliphatic carbocycles. The first kappa shape index (κ1) is 22.2. The van der Waals surface area contributed by atoms with E-state index in [1.54, 1.807) is 24.3 Å². The van der Waals surface area contributed by atoms with Crippen LogP contribution in [0.15, 0.2) is 83.9 Å². The van der Waals surface area contributed by atoms with Crippen LogP contribution in [0, 0.1) is 0 Å². The molecule has 2 N–H and O–H groups in total. The molecule has 1 heterocycles. The van der Waals surface area contributed by atoms with Crippen LogP contribution in [-0.4, -0.2) is 19.3 Å². The lowest BCUT2D eigenvalue weighted by molar-refractivity contribution is -0.111. The second-order valence-corrected chi connectivity index (χ2v) is 9.72. The first-order chi connectivity index (χ1) is 14.6. The molecule has 0 unspecified atom stereocenters. The van der Waals surface area contributed by atoms with Crippen molar-refractivity contribution in [3.05, 3.63) is 90.1 Å². The lowest BCUT2D eigenvalue weighted by Gasteiger charge is -2.18. The summed E-state index contributed by atoms with van der Waals surface area (Å²) in [6.07, 6.45) is 4.68. The molecule has 3 aromatic rings. The molecule has 0 radical (unpaired) electrons. The van der Waals surface area contributed by atoms with Gasteiger partial charge in [0.15, 0.2) is 0 Å². The van der Waals surface area contributed by atoms with E-state index in [9.17, 15) is 13.2 Å². The van der Waals surface area contributed by atoms with E-state index in [4.69, 9.17) is 0 Å². The highest BCUT2D eigenvalue weighted by Gasteiger charge is 2.15. The summed E-state index contributed by atoms with van der Waals surface area (Å²) < 4.78 is 27.3. The lowest BCUT2D eigenvalue weighted by Crippen LogP contribution is -2.14. The van der Waals surface area contributed by atoms with Gasteiger partial charge in [-0.15, -0.1) is 0 Å². The van der Waals surface area contributed by atoms with Crippen LogP contribution < -0.4 is 10.0 Å². The molecule has 0 fully saturated rings. The van der Waals surface area contributed by atoms with Crippen molar-refractivity contribution in [3.8, 4) is 0 Å². The van der Waals surface area contributed by atoms with Crippen molar-refractivity contribution in [2.24, 2.45) is 0 Å². The zero-order valence-corrected chi connectivity index (χ0v) is 18.5. The predicted molar refractivity (Wildman–Crippen MR) is 124 cm³/mol. The molecule has 0 spiro atoms. The van der Waals surface area contributed by atoms with Gasteiger partial charge in [0.1, 0.15) is 5.82 Å². The first-order valence-electron chi connectivity index (χ1n) is 9.77. The number of rotatable bonds is 6. The number of hydrogen-bond acceptors (Lipinski definition) is 4. The third-order valence-electron chi connectivity index (χ3n) is 4.54. The fraction of sp³-hybridized carbons (Fsp3) is 0.167. The maximum absolute atomic E-state index is 12.4. The fourth-order valence-corrected chi connectivity index (χ4v) is 3.80. The predicted octanol–water partition coefficient (Wildman–Crippen LogP) is 4.83. The summed E-state index contributed by atoms with van der Waals surface area (Å²) in [5.74, 6) is -0.0670. The van der Waals surface area contributed by atoms with Crippen molar-refractivity contribution >= 4 is 33.5 Å². The van der Waals surface area contributed by atoms with E-state index in [1.807, 2.05) is 12.1 Å². The van der Waals surface area contributed by atoms with Crippen LogP contribution in [-0.2, 0) is 20.2 Å². The molecule has 0 aliphatic heterocycles. The van der Waals surface area contributed by atoms with E-state index in [0.29, 0.717) is 5.69 Å². The van der Waals surface area contributed by atoms with Crippen molar-refractivity contribution in [2.75, 3.05) is 10.0 Å². The number of amides is 1. The van der Waals surface area contributed by atoms with Gasteiger partial charge in [0.2, 0.25) is 5.91 Å². The van der Waals surface area contributed by atoms with Crippen LogP contribution in [0.25, 0.3) is 6.08 Å². The van der Waals surface area contributed by atoms with Crippen molar-refractivity contribution in [1.82, 2.24) is 4.98 Å². The van der Waals surface area contributed by atoms with Crippen molar-refractivity contribution in [1.29, 1.82) is 0 Å². The highest BCUT2D eigenvalue weighted by atomic mass is 32.2. The quantitative estimate of drug-likeness (QED) is 0.543. The highest BCUT2D eigenvalue weighted by molar-refractivity contribution is 7.92. The third-order valence-corrected chi connectivity index (χ3v) is 5.91. The minimum Gasteiger partial charge on any atom is -0.323 e. The number of carbonyl (C=O) groups excluding carboxylic acids is 1. The molecule has 1 amide bonds. The van der Waals surface area contributed by atoms with Gasteiger partial charge < -0.3 is 5.32 Å². The van der Waals surface area contributed by atoms with Crippen LogP contribution in [0.2, 0.25) is 0 Å². The maximum Gasteiger partial charge on any atom is 0.263 e. The van der Waals surface area contributed by atoms with Crippen LogP contribution in [0.5, 0.6) is 0 Å². The summed E-state index contributed by atoms with van der Waals surface area (Å²) in [5, 5.41) is 2.72. The molecule has 31 heavy (non-hydrogen) atoms. The number of pyridine rings is 1. The van der Waals surface area contributed by atoms with Crippen LogP contribution >= 0.6 is 0 Å². The molecule has 0 saturated heterocycles. The third kappa shape index (κ3) is 6.26. The van der Waals surface area contributed by atoms with Gasteiger partial charge in [-0.2, -0.15) is 0 Å². The number of hydrogen-bond donors (Lipinski definition) is 2. The summed E-state index contributed by atoms with van der Waals surface area (Å²) in [7, 11) is -3.76. The monoisotopic (exact) mass is 435 g/mol. The van der Waals surface area contributed by atoms with Crippen molar-refractivity contribution < 1.29 is 13.2 Å². The van der Waals surface area contributed by atoms with E-state index in [1.165, 1.54) is 42.1 Å². The summed E-state index contributed by atoms with van der Waals surface area (Å²) in [6, 6.07) is 18.9. The maximum atomic E-state index is 12.4. The van der Waals surface area contributed by atoms with E-state index >= 15 is 0 Å². The molecular weight excluding hydrogens is 410 g/mol. The lowest BCUT2D eigenvalue weighted by atomic mass is 9.87. The number of aromatic nitrogens is 1. The SMILES string of the molecule is CC(C)(C)c1ccc(/C=C/C(=O)Nc2ccc(S(=O)(=O)Nc3ccccn3)cc2)cc1. The Labute approximate surface area is 183 Å². The van der Waals surface area contributed by atoms with Gasteiger partial charge in [0.05, 0.1) is 4.90 Å². The fourth-order valence-electron chi connectivity index (χ4n) is 2.79. The van der Waals surface area contributed by atoms with Crippen molar-refractivity contribution in [2.45, 2.75) is 31.1 Å². The van der Waals surface area contributed by atoms with Crippen LogP contribution in [0.3, 0.4) is 0 Å². The standard InChI is InChI=1S/C24H25N3O3S/c1-24(2,3)19-10-7-18(8-11-19)9-16-23(28)26-20-12-14-21(15-13-20)31(29,30)27-22-6-4-5-17-25-22/h4-17H,1-3H3,(H,25,27)(H,26,28)/b16-9+. The van der Waals surface area contributed by atoms with Crippen LogP contribution in [0.4, 0.5) is 11.5 Å². The molecule has 7 heteroatoms. The zero-order valence-electron chi connectivity index (χ0n) is 17.7. The van der Waals surface area contributed by atoms with Gasteiger partial charge in [-0.1, -0.05) is 51.1 Å². The average molecular weight is 436 g/mol. The highest BCUT2D eigenvalue weighted by Crippen LogP contribution is 2.22. The molecule has 0 bridgehead atoms. The number of sulfonamides is 1. The van der Waals surface area contributed by atoms with Gasteiger partial charge >= 0.3 is 0 Å². The molecule has 6 nitrogen and oxygen atoms in total. The van der Waals surface area contributed by atoms with Gasteiger partial charge in [-0.3, -0.25) is 9.52 Å². The van der Waals surface area contributed by atoms with Crippen molar-refractivity contribution in [3.63, 3.8) is 0 Å². The Morgan fingerprint density at radius 2 is 1.61 bits per heavy atom. The zero-order chi connectivity index (χ0) is 22.5. The molecule has 1 aromatic heterocycles. The van der Waals surface area contributed by atoms with Gasteiger partial charge in [-0.25, -0.2) is 13.4 Å². The minimum atomic E-state index is -3.76. The Kier molecular flexibility index (Phi) is 6.56.